The van der Waals surface area contributed by atoms with Crippen LogP contribution < -0.4 is 10.6 Å². The molecule has 1 unspecified atom stereocenters. The van der Waals surface area contributed by atoms with Gasteiger partial charge < -0.3 is 10.6 Å². The topological polar surface area (TPSA) is 58.2 Å². The van der Waals surface area contributed by atoms with Gasteiger partial charge in [-0.05, 0) is 42.8 Å². The Kier molecular flexibility index (Phi) is 4.34. The Morgan fingerprint density at radius 1 is 1.30 bits per heavy atom. The maximum atomic E-state index is 13.1. The van der Waals surface area contributed by atoms with E-state index in [1.807, 2.05) is 13.0 Å². The predicted molar refractivity (Wildman–Crippen MR) is 89.1 cm³/mol. The van der Waals surface area contributed by atoms with E-state index >= 15 is 0 Å². The van der Waals surface area contributed by atoms with Gasteiger partial charge in [0.05, 0.1) is 17.4 Å². The lowest BCUT2D eigenvalue weighted by atomic mass is 10.1. The standard InChI is InChI=1S/C17H15FN2O2S/c1-10-17(22)20-14-9-13(5-6-15(14)23-10)19-16(21)8-11-3-2-4-12(18)7-11/h2-7,9-10H,8H2,1H3,(H,19,21)(H,20,22). The first-order valence-electron chi connectivity index (χ1n) is 7.17. The van der Waals surface area contributed by atoms with Gasteiger partial charge in [-0.3, -0.25) is 9.59 Å². The minimum atomic E-state index is -0.363. The quantitative estimate of drug-likeness (QED) is 0.906. The van der Waals surface area contributed by atoms with Crippen LogP contribution in [0.15, 0.2) is 47.4 Å². The minimum Gasteiger partial charge on any atom is -0.326 e. The Morgan fingerprint density at radius 3 is 2.91 bits per heavy atom. The summed E-state index contributed by atoms with van der Waals surface area (Å²) in [6, 6.07) is 11.3. The molecule has 1 heterocycles. The molecule has 3 rings (SSSR count). The molecule has 1 aliphatic rings. The van der Waals surface area contributed by atoms with Crippen LogP contribution in [0.2, 0.25) is 0 Å². The van der Waals surface area contributed by atoms with Gasteiger partial charge in [-0.25, -0.2) is 4.39 Å². The molecule has 2 N–H and O–H groups in total. The lowest BCUT2D eigenvalue weighted by Gasteiger charge is -2.22. The van der Waals surface area contributed by atoms with E-state index in [1.54, 1.807) is 24.3 Å². The first-order valence-corrected chi connectivity index (χ1v) is 8.05. The summed E-state index contributed by atoms with van der Waals surface area (Å²) in [5.74, 6) is -0.651. The van der Waals surface area contributed by atoms with E-state index in [0.29, 0.717) is 16.9 Å². The summed E-state index contributed by atoms with van der Waals surface area (Å²) < 4.78 is 13.1. The third kappa shape index (κ3) is 3.71. The lowest BCUT2D eigenvalue weighted by Crippen LogP contribution is -2.26. The Labute approximate surface area is 137 Å². The normalized spacial score (nSPS) is 16.4. The van der Waals surface area contributed by atoms with Crippen molar-refractivity contribution in [1.29, 1.82) is 0 Å². The van der Waals surface area contributed by atoms with Crippen molar-refractivity contribution in [2.75, 3.05) is 10.6 Å². The average Bonchev–Trinajstić information content (AvgIpc) is 2.48. The molecule has 0 aliphatic carbocycles. The van der Waals surface area contributed by atoms with Crippen LogP contribution >= 0.6 is 11.8 Å². The number of carbonyl (C=O) groups is 2. The van der Waals surface area contributed by atoms with E-state index in [1.165, 1.54) is 23.9 Å². The Balaban J connectivity index is 1.70. The van der Waals surface area contributed by atoms with E-state index in [0.717, 1.165) is 4.90 Å². The van der Waals surface area contributed by atoms with Gasteiger partial charge in [0.2, 0.25) is 11.8 Å². The van der Waals surface area contributed by atoms with Gasteiger partial charge in [-0.1, -0.05) is 12.1 Å². The number of rotatable bonds is 3. The van der Waals surface area contributed by atoms with Crippen LogP contribution in [0.5, 0.6) is 0 Å². The maximum absolute atomic E-state index is 13.1. The van der Waals surface area contributed by atoms with Crippen molar-refractivity contribution in [3.63, 3.8) is 0 Å². The van der Waals surface area contributed by atoms with Crippen LogP contribution in [0.4, 0.5) is 15.8 Å². The van der Waals surface area contributed by atoms with Crippen LogP contribution in [0.3, 0.4) is 0 Å². The highest BCUT2D eigenvalue weighted by molar-refractivity contribution is 8.00. The van der Waals surface area contributed by atoms with Gasteiger partial charge >= 0.3 is 0 Å². The molecule has 118 valence electrons. The molecule has 23 heavy (non-hydrogen) atoms. The molecule has 2 aromatic carbocycles. The molecule has 0 saturated heterocycles. The van der Waals surface area contributed by atoms with Gasteiger partial charge in [0.15, 0.2) is 0 Å². The summed E-state index contributed by atoms with van der Waals surface area (Å²) in [5.41, 5.74) is 1.90. The number of halogens is 1. The molecular weight excluding hydrogens is 315 g/mol. The molecule has 2 aromatic rings. The molecule has 6 heteroatoms. The molecule has 4 nitrogen and oxygen atoms in total. The molecule has 2 amide bonds. The van der Waals surface area contributed by atoms with E-state index in [4.69, 9.17) is 0 Å². The molecule has 0 aromatic heterocycles. The maximum Gasteiger partial charge on any atom is 0.237 e. The largest absolute Gasteiger partial charge is 0.326 e. The first kappa shape index (κ1) is 15.6. The lowest BCUT2D eigenvalue weighted by molar-refractivity contribution is -0.116. The van der Waals surface area contributed by atoms with E-state index in [-0.39, 0.29) is 29.3 Å². The van der Waals surface area contributed by atoms with E-state index in [9.17, 15) is 14.0 Å². The number of hydrogen-bond donors (Lipinski definition) is 2. The number of amides is 2. The molecule has 1 aliphatic heterocycles. The van der Waals surface area contributed by atoms with Crippen LogP contribution in [-0.2, 0) is 16.0 Å². The van der Waals surface area contributed by atoms with Crippen LogP contribution in [-0.4, -0.2) is 17.1 Å². The number of fused-ring (bicyclic) bond motifs is 1. The van der Waals surface area contributed by atoms with Gasteiger partial charge in [0.1, 0.15) is 5.82 Å². The summed E-state index contributed by atoms with van der Waals surface area (Å²) in [6.07, 6.45) is 0.0903. The fraction of sp³-hybridized carbons (Fsp3) is 0.176. The summed E-state index contributed by atoms with van der Waals surface area (Å²) in [4.78, 5) is 24.7. The fourth-order valence-corrected chi connectivity index (χ4v) is 3.25. The number of nitrogens with one attached hydrogen (secondary N) is 2. The fourth-order valence-electron chi connectivity index (χ4n) is 2.32. The molecule has 0 fully saturated rings. The number of anilines is 2. The Hall–Kier alpha value is -2.34. The molecule has 0 radical (unpaired) electrons. The van der Waals surface area contributed by atoms with E-state index in [2.05, 4.69) is 10.6 Å². The molecule has 0 spiro atoms. The number of thioether (sulfide) groups is 1. The van der Waals surface area contributed by atoms with Crippen LogP contribution in [0.1, 0.15) is 12.5 Å². The zero-order valence-electron chi connectivity index (χ0n) is 12.4. The smallest absolute Gasteiger partial charge is 0.237 e. The summed E-state index contributed by atoms with van der Waals surface area (Å²) in [5, 5.41) is 5.46. The monoisotopic (exact) mass is 330 g/mol. The highest BCUT2D eigenvalue weighted by Gasteiger charge is 2.23. The Morgan fingerprint density at radius 2 is 2.13 bits per heavy atom. The van der Waals surface area contributed by atoms with Crippen molar-refractivity contribution in [3.05, 3.63) is 53.8 Å². The van der Waals surface area contributed by atoms with Crippen molar-refractivity contribution in [2.45, 2.75) is 23.5 Å². The highest BCUT2D eigenvalue weighted by atomic mass is 32.2. The third-order valence-electron chi connectivity index (χ3n) is 3.45. The second-order valence-corrected chi connectivity index (χ2v) is 6.70. The SMILES string of the molecule is CC1Sc2ccc(NC(=O)Cc3cccc(F)c3)cc2NC1=O. The molecule has 1 atom stereocenters. The number of hydrogen-bond acceptors (Lipinski definition) is 3. The van der Waals surface area contributed by atoms with Crippen molar-refractivity contribution in [1.82, 2.24) is 0 Å². The molecular formula is C17H15FN2O2S. The van der Waals surface area contributed by atoms with Crippen molar-refractivity contribution < 1.29 is 14.0 Å². The van der Waals surface area contributed by atoms with Crippen molar-refractivity contribution >= 4 is 35.0 Å². The van der Waals surface area contributed by atoms with E-state index < -0.39 is 0 Å². The Bertz CT molecular complexity index is 779. The van der Waals surface area contributed by atoms with Gasteiger partial charge in [0, 0.05) is 10.6 Å². The number of carbonyl (C=O) groups excluding carboxylic acids is 2. The summed E-state index contributed by atoms with van der Waals surface area (Å²) in [6.45, 7) is 1.84. The zero-order valence-corrected chi connectivity index (χ0v) is 13.2. The van der Waals surface area contributed by atoms with Crippen molar-refractivity contribution in [3.8, 4) is 0 Å². The molecule has 0 saturated carbocycles. The third-order valence-corrected chi connectivity index (χ3v) is 4.63. The van der Waals surface area contributed by atoms with Crippen molar-refractivity contribution in [2.24, 2.45) is 0 Å². The predicted octanol–water partition coefficient (Wildman–Crippen LogP) is 3.44. The summed E-state index contributed by atoms with van der Waals surface area (Å²) in [7, 11) is 0. The van der Waals surface area contributed by atoms with Crippen LogP contribution in [0.25, 0.3) is 0 Å². The second kappa shape index (κ2) is 6.42. The average molecular weight is 330 g/mol. The highest BCUT2D eigenvalue weighted by Crippen LogP contribution is 2.36. The zero-order chi connectivity index (χ0) is 16.4. The first-order chi connectivity index (χ1) is 11.0. The van der Waals surface area contributed by atoms with Gasteiger partial charge in [0.25, 0.3) is 0 Å². The van der Waals surface area contributed by atoms with Crippen LogP contribution in [0, 0.1) is 5.82 Å². The van der Waals surface area contributed by atoms with Gasteiger partial charge in [-0.15, -0.1) is 11.8 Å². The number of benzene rings is 2. The second-order valence-electron chi connectivity index (χ2n) is 5.32. The minimum absolute atomic E-state index is 0.0502. The summed E-state index contributed by atoms with van der Waals surface area (Å²) >= 11 is 1.49. The van der Waals surface area contributed by atoms with Gasteiger partial charge in [-0.2, -0.15) is 0 Å². The molecule has 0 bridgehead atoms.